The molecule has 0 radical (unpaired) electrons. The molecule has 0 spiro atoms. The zero-order chi connectivity index (χ0) is 21.4. The number of esters is 1. The van der Waals surface area contributed by atoms with E-state index in [1.54, 1.807) is 0 Å². The SMILES string of the molecule is C=NC1=C(C=N)/C(=C(/C#N)C(=O)OCC(CC)CCCC)c2ncncc2C1=O. The smallest absolute Gasteiger partial charge is 0.349 e. The van der Waals surface area contributed by atoms with Crippen molar-refractivity contribution in [2.24, 2.45) is 10.9 Å². The third-order valence-corrected chi connectivity index (χ3v) is 4.80. The van der Waals surface area contributed by atoms with Crippen molar-refractivity contribution in [2.75, 3.05) is 6.61 Å². The molecule has 1 aromatic rings. The van der Waals surface area contributed by atoms with Crippen LogP contribution in [-0.2, 0) is 9.53 Å². The van der Waals surface area contributed by atoms with Crippen molar-refractivity contribution < 1.29 is 14.3 Å². The van der Waals surface area contributed by atoms with Gasteiger partial charge in [-0.1, -0.05) is 33.1 Å². The summed E-state index contributed by atoms with van der Waals surface area (Å²) in [5.41, 5.74) is -0.237. The molecule has 1 aromatic heterocycles. The van der Waals surface area contributed by atoms with Gasteiger partial charge in [0, 0.05) is 23.6 Å². The van der Waals surface area contributed by atoms with Crippen LogP contribution in [0.2, 0.25) is 0 Å². The Hall–Kier alpha value is -3.47. The summed E-state index contributed by atoms with van der Waals surface area (Å²) in [6.45, 7) is 7.69. The molecule has 29 heavy (non-hydrogen) atoms. The van der Waals surface area contributed by atoms with Crippen LogP contribution in [-0.4, -0.2) is 41.3 Å². The Kier molecular flexibility index (Phi) is 7.66. The molecule has 0 saturated heterocycles. The zero-order valence-electron chi connectivity index (χ0n) is 16.6. The van der Waals surface area contributed by atoms with Crippen molar-refractivity contribution in [3.05, 3.63) is 40.6 Å². The summed E-state index contributed by atoms with van der Waals surface area (Å²) < 4.78 is 5.41. The molecular weight excluding hydrogens is 370 g/mol. The fourth-order valence-corrected chi connectivity index (χ4v) is 3.11. The third-order valence-electron chi connectivity index (χ3n) is 4.80. The second-order valence-electron chi connectivity index (χ2n) is 6.56. The third kappa shape index (κ3) is 4.51. The first kappa shape index (κ1) is 21.8. The maximum Gasteiger partial charge on any atom is 0.349 e. The van der Waals surface area contributed by atoms with Gasteiger partial charge in [0.05, 0.1) is 17.9 Å². The van der Waals surface area contributed by atoms with Gasteiger partial charge in [-0.2, -0.15) is 5.26 Å². The lowest BCUT2D eigenvalue weighted by Gasteiger charge is -2.20. The molecule has 1 unspecified atom stereocenters. The Morgan fingerprint density at radius 3 is 2.83 bits per heavy atom. The van der Waals surface area contributed by atoms with Crippen LogP contribution < -0.4 is 0 Å². The first-order valence-electron chi connectivity index (χ1n) is 9.42. The van der Waals surface area contributed by atoms with Crippen LogP contribution in [0.3, 0.4) is 0 Å². The molecule has 0 amide bonds. The van der Waals surface area contributed by atoms with E-state index in [9.17, 15) is 14.9 Å². The standard InChI is InChI=1S/C21H23N5O3/c1-4-6-7-13(5-2)11-29-21(28)15(9-23)17-14(8-22)19(24-3)20(27)16-10-25-12-26-18(16)17/h8,10,12-13,22H,3-7,11H2,1-2H3/b17-15+,22-8?. The Balaban J connectivity index is 2.51. The summed E-state index contributed by atoms with van der Waals surface area (Å²) in [6.07, 6.45) is 7.22. The molecular formula is C21H23N5O3. The number of rotatable bonds is 9. The molecule has 0 fully saturated rings. The number of allylic oxidation sites excluding steroid dienone is 3. The van der Waals surface area contributed by atoms with E-state index >= 15 is 0 Å². The molecule has 0 aliphatic heterocycles. The number of ether oxygens (including phenoxy) is 1. The highest BCUT2D eigenvalue weighted by atomic mass is 16.5. The van der Waals surface area contributed by atoms with Crippen molar-refractivity contribution in [3.63, 3.8) is 0 Å². The van der Waals surface area contributed by atoms with Gasteiger partial charge in [-0.3, -0.25) is 9.79 Å². The molecule has 150 valence electrons. The summed E-state index contributed by atoms with van der Waals surface area (Å²) in [7, 11) is 0. The number of hydrogen-bond donors (Lipinski definition) is 1. The van der Waals surface area contributed by atoms with E-state index in [1.807, 2.05) is 13.0 Å². The summed E-state index contributed by atoms with van der Waals surface area (Å²) in [6, 6.07) is 1.85. The highest BCUT2D eigenvalue weighted by Crippen LogP contribution is 2.35. The van der Waals surface area contributed by atoms with Crippen molar-refractivity contribution >= 4 is 30.3 Å². The Bertz CT molecular complexity index is 940. The minimum Gasteiger partial charge on any atom is -0.461 e. The molecule has 0 bridgehead atoms. The van der Waals surface area contributed by atoms with Gasteiger partial charge in [0.15, 0.2) is 0 Å². The van der Waals surface area contributed by atoms with Crippen LogP contribution >= 0.6 is 0 Å². The van der Waals surface area contributed by atoms with Crippen molar-refractivity contribution in [3.8, 4) is 6.07 Å². The van der Waals surface area contributed by atoms with Gasteiger partial charge in [0.1, 0.15) is 23.7 Å². The molecule has 0 saturated carbocycles. The van der Waals surface area contributed by atoms with Gasteiger partial charge in [0.2, 0.25) is 5.78 Å². The number of fused-ring (bicyclic) bond motifs is 1. The predicted molar refractivity (Wildman–Crippen MR) is 109 cm³/mol. The van der Waals surface area contributed by atoms with Gasteiger partial charge in [-0.25, -0.2) is 14.8 Å². The predicted octanol–water partition coefficient (Wildman–Crippen LogP) is 3.31. The number of aromatic nitrogens is 2. The van der Waals surface area contributed by atoms with Crippen molar-refractivity contribution in [1.29, 1.82) is 10.7 Å². The molecule has 0 aromatic carbocycles. The van der Waals surface area contributed by atoms with Gasteiger partial charge in [-0.15, -0.1) is 0 Å². The van der Waals surface area contributed by atoms with Crippen LogP contribution in [0.1, 0.15) is 55.6 Å². The largest absolute Gasteiger partial charge is 0.461 e. The summed E-state index contributed by atoms with van der Waals surface area (Å²) >= 11 is 0. The molecule has 1 N–H and O–H groups in total. The fraction of sp³-hybridized carbons (Fsp3) is 0.381. The first-order valence-corrected chi connectivity index (χ1v) is 9.42. The first-order chi connectivity index (χ1) is 14.0. The quantitative estimate of drug-likeness (QED) is 0.296. The fourth-order valence-electron chi connectivity index (χ4n) is 3.11. The van der Waals surface area contributed by atoms with Gasteiger partial charge in [0.25, 0.3) is 0 Å². The topological polar surface area (TPSA) is 129 Å². The number of hydrogen-bond acceptors (Lipinski definition) is 8. The van der Waals surface area contributed by atoms with Crippen LogP contribution in [0.15, 0.2) is 34.4 Å². The molecule has 1 heterocycles. The van der Waals surface area contributed by atoms with Crippen molar-refractivity contribution in [2.45, 2.75) is 39.5 Å². The minimum atomic E-state index is -0.820. The lowest BCUT2D eigenvalue weighted by atomic mass is 9.86. The number of carbonyl (C=O) groups excluding carboxylic acids is 2. The van der Waals surface area contributed by atoms with Crippen LogP contribution in [0.25, 0.3) is 5.57 Å². The Morgan fingerprint density at radius 1 is 1.48 bits per heavy atom. The number of ketones is 1. The lowest BCUT2D eigenvalue weighted by molar-refractivity contribution is -0.139. The summed E-state index contributed by atoms with van der Waals surface area (Å²) in [4.78, 5) is 37.0. The Morgan fingerprint density at radius 2 is 2.24 bits per heavy atom. The number of aliphatic imine (C=N–C) groups is 1. The molecule has 1 atom stereocenters. The highest BCUT2D eigenvalue weighted by molar-refractivity contribution is 6.24. The van der Waals surface area contributed by atoms with Crippen molar-refractivity contribution in [1.82, 2.24) is 9.97 Å². The Labute approximate surface area is 169 Å². The monoisotopic (exact) mass is 393 g/mol. The lowest BCUT2D eigenvalue weighted by Crippen LogP contribution is -2.21. The van der Waals surface area contributed by atoms with E-state index in [0.29, 0.717) is 0 Å². The average molecular weight is 393 g/mol. The van der Waals surface area contributed by atoms with Gasteiger partial charge < -0.3 is 10.1 Å². The molecule has 1 aliphatic carbocycles. The van der Waals surface area contributed by atoms with E-state index in [0.717, 1.165) is 31.9 Å². The van der Waals surface area contributed by atoms with Gasteiger partial charge in [-0.05, 0) is 19.1 Å². The second kappa shape index (κ2) is 10.2. The number of nitrogens with one attached hydrogen (secondary N) is 1. The highest BCUT2D eigenvalue weighted by Gasteiger charge is 2.34. The summed E-state index contributed by atoms with van der Waals surface area (Å²) in [5.74, 6) is -1.14. The number of nitriles is 1. The van der Waals surface area contributed by atoms with Gasteiger partial charge >= 0.3 is 5.97 Å². The average Bonchev–Trinajstić information content (AvgIpc) is 2.75. The van der Waals surface area contributed by atoms with Crippen LogP contribution in [0.5, 0.6) is 0 Å². The normalized spacial score (nSPS) is 15.8. The van der Waals surface area contributed by atoms with E-state index in [2.05, 4.69) is 28.6 Å². The van der Waals surface area contributed by atoms with Crippen LogP contribution in [0, 0.1) is 22.7 Å². The number of carbonyl (C=O) groups is 2. The van der Waals surface area contributed by atoms with E-state index < -0.39 is 11.8 Å². The molecule has 1 aliphatic rings. The minimum absolute atomic E-state index is 0.00252. The summed E-state index contributed by atoms with van der Waals surface area (Å²) in [5, 5.41) is 17.4. The van der Waals surface area contributed by atoms with E-state index in [1.165, 1.54) is 12.5 Å². The van der Waals surface area contributed by atoms with E-state index in [4.69, 9.17) is 10.1 Å². The molecule has 8 heteroatoms. The number of Topliss-reactive ketones (excluding diaryl/α,β-unsaturated/α-hetero) is 1. The maximum atomic E-state index is 12.7. The van der Waals surface area contributed by atoms with Crippen LogP contribution in [0.4, 0.5) is 0 Å². The van der Waals surface area contributed by atoms with E-state index in [-0.39, 0.29) is 46.2 Å². The second-order valence-corrected chi connectivity index (χ2v) is 6.56. The maximum absolute atomic E-state index is 12.7. The number of unbranched alkanes of at least 4 members (excludes halogenated alkanes) is 1. The number of nitrogens with zero attached hydrogens (tertiary/aromatic N) is 4. The molecule has 8 nitrogen and oxygen atoms in total. The molecule has 2 rings (SSSR count). The zero-order valence-corrected chi connectivity index (χ0v) is 16.6.